The molecule has 1 N–H and O–H groups in total. The Kier molecular flexibility index (Phi) is 3.87. The van der Waals surface area contributed by atoms with Crippen molar-refractivity contribution in [3.8, 4) is 0 Å². The van der Waals surface area contributed by atoms with Crippen LogP contribution in [0.4, 0.5) is 0 Å². The van der Waals surface area contributed by atoms with E-state index >= 15 is 0 Å². The summed E-state index contributed by atoms with van der Waals surface area (Å²) >= 11 is 0. The molecule has 1 aliphatic rings. The number of nitrogens with one attached hydrogen (secondary N) is 1. The minimum absolute atomic E-state index is 0.420. The van der Waals surface area contributed by atoms with Crippen LogP contribution < -0.4 is 5.32 Å². The molecule has 1 fully saturated rings. The molecule has 1 aromatic rings. The topological polar surface area (TPSA) is 29.9 Å². The number of hydrogen-bond acceptors (Lipinski definition) is 2. The van der Waals surface area contributed by atoms with Crippen molar-refractivity contribution in [2.75, 3.05) is 6.54 Å². The van der Waals surface area contributed by atoms with E-state index in [9.17, 15) is 0 Å². The zero-order chi connectivity index (χ0) is 12.4. The summed E-state index contributed by atoms with van der Waals surface area (Å²) in [6.45, 7) is 7.64. The predicted molar refractivity (Wildman–Crippen MR) is 71.1 cm³/mol. The largest absolute Gasteiger partial charge is 0.310 e. The van der Waals surface area contributed by atoms with E-state index in [-0.39, 0.29) is 0 Å². The molecule has 1 saturated carbocycles. The van der Waals surface area contributed by atoms with E-state index in [0.717, 1.165) is 18.2 Å². The second kappa shape index (κ2) is 5.21. The first-order valence-electron chi connectivity index (χ1n) is 6.83. The first-order valence-corrected chi connectivity index (χ1v) is 6.83. The van der Waals surface area contributed by atoms with E-state index in [4.69, 9.17) is 0 Å². The summed E-state index contributed by atoms with van der Waals surface area (Å²) in [5.74, 6) is 0.991. The first-order chi connectivity index (χ1) is 8.09. The van der Waals surface area contributed by atoms with E-state index in [1.807, 2.05) is 11.7 Å². The van der Waals surface area contributed by atoms with Crippen LogP contribution in [0, 0.1) is 19.8 Å². The third kappa shape index (κ3) is 2.71. The molecular formula is C14H25N3. The fourth-order valence-corrected chi connectivity index (χ4v) is 2.80. The monoisotopic (exact) mass is 235 g/mol. The average molecular weight is 235 g/mol. The molecule has 0 aromatic carbocycles. The lowest BCUT2D eigenvalue weighted by molar-refractivity contribution is 0.288. The lowest BCUT2D eigenvalue weighted by Gasteiger charge is -2.26. The second-order valence-electron chi connectivity index (χ2n) is 5.47. The highest BCUT2D eigenvalue weighted by molar-refractivity contribution is 5.27. The highest BCUT2D eigenvalue weighted by Crippen LogP contribution is 2.29. The van der Waals surface area contributed by atoms with Gasteiger partial charge in [0.25, 0.3) is 0 Å². The lowest BCUT2D eigenvalue weighted by Crippen LogP contribution is -2.24. The van der Waals surface area contributed by atoms with Gasteiger partial charge in [0.1, 0.15) is 0 Å². The van der Waals surface area contributed by atoms with E-state index in [0.29, 0.717) is 6.04 Å². The van der Waals surface area contributed by atoms with Gasteiger partial charge in [-0.3, -0.25) is 4.68 Å². The van der Waals surface area contributed by atoms with Gasteiger partial charge in [0, 0.05) is 24.3 Å². The number of aryl methyl sites for hydroxylation is 2. The zero-order valence-corrected chi connectivity index (χ0v) is 11.6. The molecule has 17 heavy (non-hydrogen) atoms. The minimum Gasteiger partial charge on any atom is -0.310 e. The Labute approximate surface area is 105 Å². The summed E-state index contributed by atoms with van der Waals surface area (Å²) in [5.41, 5.74) is 3.82. The highest BCUT2D eigenvalue weighted by Gasteiger charge is 2.19. The fourth-order valence-electron chi connectivity index (χ4n) is 2.80. The standard InChI is InChI=1S/C14H25N3/c1-10(15-9-8-13-6-5-7-13)14-11(2)16-17(4)12(14)3/h10,13,15H,5-9H2,1-4H3. The highest BCUT2D eigenvalue weighted by atomic mass is 15.3. The summed E-state index contributed by atoms with van der Waals surface area (Å²) in [6.07, 6.45) is 5.67. The molecule has 1 aliphatic carbocycles. The number of aromatic nitrogens is 2. The van der Waals surface area contributed by atoms with Crippen LogP contribution in [0.25, 0.3) is 0 Å². The van der Waals surface area contributed by atoms with Crippen molar-refractivity contribution in [1.82, 2.24) is 15.1 Å². The number of nitrogens with zero attached hydrogens (tertiary/aromatic N) is 2. The smallest absolute Gasteiger partial charge is 0.0644 e. The summed E-state index contributed by atoms with van der Waals surface area (Å²) in [6, 6.07) is 0.420. The third-order valence-electron chi connectivity index (χ3n) is 4.23. The van der Waals surface area contributed by atoms with Crippen LogP contribution in [0.2, 0.25) is 0 Å². The van der Waals surface area contributed by atoms with Crippen molar-refractivity contribution in [2.45, 2.75) is 52.5 Å². The fraction of sp³-hybridized carbons (Fsp3) is 0.786. The predicted octanol–water partition coefficient (Wildman–Crippen LogP) is 2.88. The Hall–Kier alpha value is -0.830. The SMILES string of the molecule is Cc1nn(C)c(C)c1C(C)NCCC1CCC1. The normalized spacial score (nSPS) is 18.1. The zero-order valence-electron chi connectivity index (χ0n) is 11.6. The molecule has 0 bridgehead atoms. The van der Waals surface area contributed by atoms with Gasteiger partial charge < -0.3 is 5.32 Å². The van der Waals surface area contributed by atoms with Gasteiger partial charge in [-0.1, -0.05) is 19.3 Å². The quantitative estimate of drug-likeness (QED) is 0.850. The Bertz CT molecular complexity index is 377. The first kappa shape index (κ1) is 12.6. The summed E-state index contributed by atoms with van der Waals surface area (Å²) in [4.78, 5) is 0. The number of hydrogen-bond donors (Lipinski definition) is 1. The summed E-state index contributed by atoms with van der Waals surface area (Å²) < 4.78 is 1.98. The summed E-state index contributed by atoms with van der Waals surface area (Å²) in [7, 11) is 2.02. The van der Waals surface area contributed by atoms with Crippen molar-refractivity contribution < 1.29 is 0 Å². The molecule has 3 heteroatoms. The van der Waals surface area contributed by atoms with Crippen LogP contribution in [0.1, 0.15) is 55.6 Å². The molecule has 1 unspecified atom stereocenters. The third-order valence-corrected chi connectivity index (χ3v) is 4.23. The van der Waals surface area contributed by atoms with Gasteiger partial charge in [-0.15, -0.1) is 0 Å². The maximum Gasteiger partial charge on any atom is 0.0644 e. The van der Waals surface area contributed by atoms with Gasteiger partial charge in [0.2, 0.25) is 0 Å². The second-order valence-corrected chi connectivity index (χ2v) is 5.47. The Morgan fingerprint density at radius 2 is 2.12 bits per heavy atom. The molecular weight excluding hydrogens is 210 g/mol. The van der Waals surface area contributed by atoms with Crippen molar-refractivity contribution in [1.29, 1.82) is 0 Å². The van der Waals surface area contributed by atoms with Crippen molar-refractivity contribution in [3.05, 3.63) is 17.0 Å². The minimum atomic E-state index is 0.420. The molecule has 0 aliphatic heterocycles. The molecule has 96 valence electrons. The van der Waals surface area contributed by atoms with Crippen molar-refractivity contribution in [2.24, 2.45) is 13.0 Å². The van der Waals surface area contributed by atoms with E-state index < -0.39 is 0 Å². The van der Waals surface area contributed by atoms with Crippen LogP contribution in [0.5, 0.6) is 0 Å². The lowest BCUT2D eigenvalue weighted by atomic mass is 9.83. The molecule has 0 spiro atoms. The van der Waals surface area contributed by atoms with Crippen molar-refractivity contribution >= 4 is 0 Å². The maximum absolute atomic E-state index is 4.48. The van der Waals surface area contributed by atoms with E-state index in [1.54, 1.807) is 0 Å². The molecule has 1 atom stereocenters. The molecule has 0 amide bonds. The van der Waals surface area contributed by atoms with Crippen LogP contribution in [-0.4, -0.2) is 16.3 Å². The number of rotatable bonds is 5. The van der Waals surface area contributed by atoms with E-state index in [2.05, 4.69) is 31.2 Å². The molecule has 1 heterocycles. The van der Waals surface area contributed by atoms with Gasteiger partial charge in [0.05, 0.1) is 5.69 Å². The Balaban J connectivity index is 1.87. The van der Waals surface area contributed by atoms with Crippen LogP contribution >= 0.6 is 0 Å². The Morgan fingerprint density at radius 1 is 1.41 bits per heavy atom. The average Bonchev–Trinajstić information content (AvgIpc) is 2.45. The van der Waals surface area contributed by atoms with Crippen LogP contribution in [-0.2, 0) is 7.05 Å². The van der Waals surface area contributed by atoms with Gasteiger partial charge in [0.15, 0.2) is 0 Å². The van der Waals surface area contributed by atoms with Crippen molar-refractivity contribution in [3.63, 3.8) is 0 Å². The molecule has 3 nitrogen and oxygen atoms in total. The van der Waals surface area contributed by atoms with Gasteiger partial charge in [-0.05, 0) is 39.7 Å². The molecule has 0 saturated heterocycles. The molecule has 0 radical (unpaired) electrons. The van der Waals surface area contributed by atoms with Gasteiger partial charge in [-0.25, -0.2) is 0 Å². The molecule has 1 aromatic heterocycles. The summed E-state index contributed by atoms with van der Waals surface area (Å²) in [5, 5.41) is 8.12. The van der Waals surface area contributed by atoms with Crippen LogP contribution in [0.3, 0.4) is 0 Å². The van der Waals surface area contributed by atoms with E-state index in [1.165, 1.54) is 36.9 Å². The Morgan fingerprint density at radius 3 is 2.59 bits per heavy atom. The molecule has 2 rings (SSSR count). The van der Waals surface area contributed by atoms with Gasteiger partial charge >= 0.3 is 0 Å². The van der Waals surface area contributed by atoms with Gasteiger partial charge in [-0.2, -0.15) is 5.10 Å². The maximum atomic E-state index is 4.48. The van der Waals surface area contributed by atoms with Crippen LogP contribution in [0.15, 0.2) is 0 Å².